The number of aromatic nitrogens is 1. The molecule has 86 valence electrons. The lowest BCUT2D eigenvalue weighted by Crippen LogP contribution is -1.90. The van der Waals surface area contributed by atoms with Gasteiger partial charge < -0.3 is 9.47 Å². The molecular weight excluding hydrogens is 236 g/mol. The molecule has 0 unspecified atom stereocenters. The lowest BCUT2D eigenvalue weighted by molar-refractivity contribution is 0.355. The van der Waals surface area contributed by atoms with Gasteiger partial charge >= 0.3 is 0 Å². The van der Waals surface area contributed by atoms with Crippen LogP contribution in [0.2, 0.25) is 0 Å². The van der Waals surface area contributed by atoms with Gasteiger partial charge in [-0.05, 0) is 18.2 Å². The summed E-state index contributed by atoms with van der Waals surface area (Å²) in [4.78, 5) is 4.78. The molecule has 1 aromatic heterocycles. The molecule has 0 amide bonds. The third-order valence-electron chi connectivity index (χ3n) is 2.25. The van der Waals surface area contributed by atoms with E-state index in [4.69, 9.17) is 14.7 Å². The van der Waals surface area contributed by atoms with Gasteiger partial charge in [-0.25, -0.2) is 4.98 Å². The average molecular weight is 246 g/mol. The number of nitrogens with zero attached hydrogens (tertiary/aromatic N) is 2. The van der Waals surface area contributed by atoms with E-state index in [2.05, 4.69) is 11.1 Å². The molecule has 2 aromatic rings. The molecule has 0 atom stereocenters. The topological polar surface area (TPSA) is 55.1 Å². The van der Waals surface area contributed by atoms with Gasteiger partial charge in [-0.2, -0.15) is 5.26 Å². The second kappa shape index (κ2) is 4.85. The highest BCUT2D eigenvalue weighted by Crippen LogP contribution is 2.33. The molecule has 0 aliphatic rings. The van der Waals surface area contributed by atoms with Crippen molar-refractivity contribution in [1.82, 2.24) is 4.98 Å². The Morgan fingerprint density at radius 3 is 2.59 bits per heavy atom. The number of methoxy groups -OCH3 is 2. The summed E-state index contributed by atoms with van der Waals surface area (Å²) in [6, 6.07) is 7.63. The van der Waals surface area contributed by atoms with Crippen molar-refractivity contribution in [3.63, 3.8) is 0 Å². The number of thiazole rings is 1. The highest BCUT2D eigenvalue weighted by Gasteiger charge is 2.09. The van der Waals surface area contributed by atoms with E-state index in [0.717, 1.165) is 10.6 Å². The summed E-state index contributed by atoms with van der Waals surface area (Å²) >= 11 is 1.35. The van der Waals surface area contributed by atoms with Crippen molar-refractivity contribution in [1.29, 1.82) is 5.26 Å². The maximum Gasteiger partial charge on any atom is 0.161 e. The fraction of sp³-hybridized carbons (Fsp3) is 0.167. The van der Waals surface area contributed by atoms with Gasteiger partial charge in [-0.15, -0.1) is 11.3 Å². The van der Waals surface area contributed by atoms with Crippen molar-refractivity contribution < 1.29 is 9.47 Å². The molecule has 0 saturated heterocycles. The summed E-state index contributed by atoms with van der Waals surface area (Å²) < 4.78 is 10.4. The standard InChI is InChI=1S/C12H10N2O2S/c1-15-10-4-3-8(5-11(10)16-2)12-14-7-9(6-13)17-12/h3-5,7H,1-2H3. The third-order valence-corrected chi connectivity index (χ3v) is 3.20. The van der Waals surface area contributed by atoms with E-state index in [0.29, 0.717) is 16.4 Å². The van der Waals surface area contributed by atoms with Crippen LogP contribution in [0.4, 0.5) is 0 Å². The first kappa shape index (κ1) is 11.4. The zero-order chi connectivity index (χ0) is 12.3. The van der Waals surface area contributed by atoms with E-state index in [1.165, 1.54) is 11.3 Å². The van der Waals surface area contributed by atoms with Crippen LogP contribution in [-0.4, -0.2) is 19.2 Å². The van der Waals surface area contributed by atoms with Crippen LogP contribution in [0.5, 0.6) is 11.5 Å². The molecular formula is C12H10N2O2S. The third kappa shape index (κ3) is 2.22. The summed E-state index contributed by atoms with van der Waals surface area (Å²) in [6.45, 7) is 0. The van der Waals surface area contributed by atoms with Crippen molar-refractivity contribution >= 4 is 11.3 Å². The maximum absolute atomic E-state index is 8.76. The van der Waals surface area contributed by atoms with Gasteiger partial charge in [0.15, 0.2) is 11.5 Å². The van der Waals surface area contributed by atoms with Gasteiger partial charge in [0.2, 0.25) is 0 Å². The summed E-state index contributed by atoms with van der Waals surface area (Å²) in [5, 5.41) is 9.55. The molecule has 4 nitrogen and oxygen atoms in total. The molecule has 0 radical (unpaired) electrons. The lowest BCUT2D eigenvalue weighted by atomic mass is 10.2. The van der Waals surface area contributed by atoms with Gasteiger partial charge in [-0.1, -0.05) is 0 Å². The first-order valence-electron chi connectivity index (χ1n) is 4.87. The van der Waals surface area contributed by atoms with Crippen molar-refractivity contribution in [2.24, 2.45) is 0 Å². The first-order chi connectivity index (χ1) is 8.28. The van der Waals surface area contributed by atoms with Crippen molar-refractivity contribution in [3.05, 3.63) is 29.3 Å². The molecule has 0 bridgehead atoms. The van der Waals surface area contributed by atoms with Crippen molar-refractivity contribution in [3.8, 4) is 28.1 Å². The van der Waals surface area contributed by atoms with Crippen LogP contribution < -0.4 is 9.47 Å². The second-order valence-electron chi connectivity index (χ2n) is 3.21. The van der Waals surface area contributed by atoms with Crippen LogP contribution in [0, 0.1) is 11.3 Å². The van der Waals surface area contributed by atoms with Crippen LogP contribution in [0.15, 0.2) is 24.4 Å². The molecule has 0 saturated carbocycles. The highest BCUT2D eigenvalue weighted by molar-refractivity contribution is 7.15. The number of hydrogen-bond donors (Lipinski definition) is 0. The summed E-state index contributed by atoms with van der Waals surface area (Å²) in [5.41, 5.74) is 0.911. The summed E-state index contributed by atoms with van der Waals surface area (Å²) in [7, 11) is 3.18. The SMILES string of the molecule is COc1ccc(-c2ncc(C#N)s2)cc1OC. The normalized spacial score (nSPS) is 9.71. The Kier molecular flexibility index (Phi) is 3.26. The molecule has 2 rings (SSSR count). The largest absolute Gasteiger partial charge is 0.493 e. The highest BCUT2D eigenvalue weighted by atomic mass is 32.1. The monoisotopic (exact) mass is 246 g/mol. The van der Waals surface area contributed by atoms with Crippen molar-refractivity contribution in [2.45, 2.75) is 0 Å². The first-order valence-corrected chi connectivity index (χ1v) is 5.68. The van der Waals surface area contributed by atoms with Crippen molar-refractivity contribution in [2.75, 3.05) is 14.2 Å². The fourth-order valence-corrected chi connectivity index (χ4v) is 2.14. The minimum Gasteiger partial charge on any atom is -0.493 e. The van der Waals surface area contributed by atoms with Crippen LogP contribution in [0.25, 0.3) is 10.6 Å². The van der Waals surface area contributed by atoms with Crippen LogP contribution in [0.3, 0.4) is 0 Å². The Bertz CT molecular complexity index is 572. The number of rotatable bonds is 3. The second-order valence-corrected chi connectivity index (χ2v) is 4.24. The fourth-order valence-electron chi connectivity index (χ4n) is 1.43. The molecule has 0 spiro atoms. The van der Waals surface area contributed by atoms with E-state index in [1.807, 2.05) is 18.2 Å². The number of ether oxygens (including phenoxy) is 2. The average Bonchev–Trinajstić information content (AvgIpc) is 2.86. The number of nitriles is 1. The quantitative estimate of drug-likeness (QED) is 0.835. The van der Waals surface area contributed by atoms with Crippen LogP contribution >= 0.6 is 11.3 Å². The molecule has 1 heterocycles. The minimum absolute atomic E-state index is 0.592. The maximum atomic E-state index is 8.76. The number of benzene rings is 1. The Balaban J connectivity index is 2.43. The van der Waals surface area contributed by atoms with E-state index in [9.17, 15) is 0 Å². The predicted octanol–water partition coefficient (Wildman–Crippen LogP) is 2.70. The summed E-state index contributed by atoms with van der Waals surface area (Å²) in [5.74, 6) is 1.33. The van der Waals surface area contributed by atoms with Crippen LogP contribution in [0.1, 0.15) is 4.88 Å². The van der Waals surface area contributed by atoms with E-state index in [1.54, 1.807) is 20.4 Å². The molecule has 1 aromatic carbocycles. The van der Waals surface area contributed by atoms with E-state index in [-0.39, 0.29) is 0 Å². The molecule has 0 aliphatic carbocycles. The van der Waals surface area contributed by atoms with Gasteiger partial charge in [0.25, 0.3) is 0 Å². The van der Waals surface area contributed by atoms with Gasteiger partial charge in [0.05, 0.1) is 20.4 Å². The molecule has 5 heteroatoms. The molecule has 0 aliphatic heterocycles. The summed E-state index contributed by atoms with van der Waals surface area (Å²) in [6.07, 6.45) is 1.57. The Hall–Kier alpha value is -2.06. The zero-order valence-electron chi connectivity index (χ0n) is 9.43. The lowest BCUT2D eigenvalue weighted by Gasteiger charge is -2.07. The molecule has 0 N–H and O–H groups in total. The number of hydrogen-bond acceptors (Lipinski definition) is 5. The molecule has 17 heavy (non-hydrogen) atoms. The van der Waals surface area contributed by atoms with E-state index >= 15 is 0 Å². The predicted molar refractivity (Wildman–Crippen MR) is 65.4 cm³/mol. The smallest absolute Gasteiger partial charge is 0.161 e. The zero-order valence-corrected chi connectivity index (χ0v) is 10.2. The minimum atomic E-state index is 0.592. The van der Waals surface area contributed by atoms with Gasteiger partial charge in [0, 0.05) is 5.56 Å². The Morgan fingerprint density at radius 1 is 1.24 bits per heavy atom. The van der Waals surface area contributed by atoms with Crippen LogP contribution in [-0.2, 0) is 0 Å². The van der Waals surface area contributed by atoms with Gasteiger partial charge in [0.1, 0.15) is 16.0 Å². The van der Waals surface area contributed by atoms with Gasteiger partial charge in [-0.3, -0.25) is 0 Å². The Labute approximate surface area is 103 Å². The Morgan fingerprint density at radius 2 is 2.00 bits per heavy atom. The molecule has 0 fully saturated rings. The van der Waals surface area contributed by atoms with E-state index < -0.39 is 0 Å².